The van der Waals surface area contributed by atoms with E-state index in [2.05, 4.69) is 70.2 Å². The van der Waals surface area contributed by atoms with Crippen LogP contribution in [0.25, 0.3) is 16.4 Å². The van der Waals surface area contributed by atoms with E-state index in [9.17, 15) is 0 Å². The Morgan fingerprint density at radius 1 is 1.00 bits per heavy atom. The number of imidazole rings is 1. The van der Waals surface area contributed by atoms with E-state index in [0.717, 1.165) is 17.9 Å². The lowest BCUT2D eigenvalue weighted by atomic mass is 10.0. The maximum atomic E-state index is 4.32. The molecular formula is C19H17N3. The lowest BCUT2D eigenvalue weighted by molar-refractivity contribution is 1.06. The van der Waals surface area contributed by atoms with Crippen LogP contribution >= 0.6 is 0 Å². The normalized spacial score (nSPS) is 11.1. The number of fused-ring (bicyclic) bond motifs is 2. The molecule has 0 spiro atoms. The minimum absolute atomic E-state index is 0.808. The lowest BCUT2D eigenvalue weighted by Crippen LogP contribution is -2.04. The molecule has 3 nitrogen and oxygen atoms in total. The van der Waals surface area contributed by atoms with E-state index >= 15 is 0 Å². The Balaban J connectivity index is 1.67. The molecular weight excluding hydrogens is 270 g/mol. The van der Waals surface area contributed by atoms with Gasteiger partial charge in [0.05, 0.1) is 5.69 Å². The Bertz CT molecular complexity index is 948. The predicted molar refractivity (Wildman–Crippen MR) is 91.2 cm³/mol. The average molecular weight is 287 g/mol. The molecule has 4 rings (SSSR count). The summed E-state index contributed by atoms with van der Waals surface area (Å²) >= 11 is 0. The molecule has 0 atom stereocenters. The van der Waals surface area contributed by atoms with Gasteiger partial charge in [0, 0.05) is 24.6 Å². The van der Waals surface area contributed by atoms with E-state index in [4.69, 9.17) is 0 Å². The van der Waals surface area contributed by atoms with E-state index < -0.39 is 0 Å². The summed E-state index contributed by atoms with van der Waals surface area (Å²) in [6, 6.07) is 19.1. The Labute approximate surface area is 129 Å². The summed E-state index contributed by atoms with van der Waals surface area (Å²) < 4.78 is 2.10. The van der Waals surface area contributed by atoms with Crippen LogP contribution in [0.2, 0.25) is 0 Å². The SMILES string of the molecule is Cc1c(NCc2cccc3ccccc23)ccc2nccn12. The van der Waals surface area contributed by atoms with Gasteiger partial charge in [-0.05, 0) is 35.4 Å². The number of rotatable bonds is 3. The molecule has 3 heteroatoms. The molecule has 0 saturated carbocycles. The Morgan fingerprint density at radius 3 is 2.82 bits per heavy atom. The second-order valence-corrected chi connectivity index (χ2v) is 5.48. The van der Waals surface area contributed by atoms with Gasteiger partial charge in [-0.25, -0.2) is 4.98 Å². The van der Waals surface area contributed by atoms with Crippen LogP contribution in [0.3, 0.4) is 0 Å². The monoisotopic (exact) mass is 287 g/mol. The molecule has 22 heavy (non-hydrogen) atoms. The maximum Gasteiger partial charge on any atom is 0.136 e. The largest absolute Gasteiger partial charge is 0.380 e. The van der Waals surface area contributed by atoms with Crippen molar-refractivity contribution in [1.29, 1.82) is 0 Å². The summed E-state index contributed by atoms with van der Waals surface area (Å²) in [4.78, 5) is 4.32. The number of aromatic nitrogens is 2. The van der Waals surface area contributed by atoms with Gasteiger partial charge in [-0.1, -0.05) is 42.5 Å². The van der Waals surface area contributed by atoms with Crippen molar-refractivity contribution in [2.24, 2.45) is 0 Å². The Kier molecular flexibility index (Phi) is 3.04. The smallest absolute Gasteiger partial charge is 0.136 e. The third kappa shape index (κ3) is 2.11. The summed E-state index contributed by atoms with van der Waals surface area (Å²) in [6.07, 6.45) is 3.82. The van der Waals surface area contributed by atoms with Crippen LogP contribution in [0, 0.1) is 6.92 Å². The van der Waals surface area contributed by atoms with Gasteiger partial charge in [-0.3, -0.25) is 0 Å². The van der Waals surface area contributed by atoms with Gasteiger partial charge in [0.25, 0.3) is 0 Å². The zero-order chi connectivity index (χ0) is 14.9. The zero-order valence-electron chi connectivity index (χ0n) is 12.5. The molecule has 0 amide bonds. The van der Waals surface area contributed by atoms with Gasteiger partial charge in [-0.15, -0.1) is 0 Å². The number of nitrogens with zero attached hydrogens (tertiary/aromatic N) is 2. The first kappa shape index (κ1) is 12.9. The second kappa shape index (κ2) is 5.19. The molecule has 1 N–H and O–H groups in total. The summed E-state index contributed by atoms with van der Waals surface area (Å²) in [6.45, 7) is 2.92. The predicted octanol–water partition coefficient (Wildman–Crippen LogP) is 4.41. The standard InChI is InChI=1S/C19H17N3/c1-14-18(9-10-19-20-11-12-22(14)19)21-13-16-7-4-6-15-5-2-3-8-17(15)16/h2-12,21H,13H2,1H3. The minimum Gasteiger partial charge on any atom is -0.380 e. The molecule has 0 radical (unpaired) electrons. The molecule has 2 aromatic heterocycles. The van der Waals surface area contributed by atoms with Gasteiger partial charge in [-0.2, -0.15) is 0 Å². The number of nitrogens with one attached hydrogen (secondary N) is 1. The fraction of sp³-hybridized carbons (Fsp3) is 0.105. The van der Waals surface area contributed by atoms with Crippen LogP contribution in [-0.2, 0) is 6.54 Å². The third-order valence-corrected chi connectivity index (χ3v) is 4.17. The van der Waals surface area contributed by atoms with E-state index in [1.807, 2.05) is 18.5 Å². The zero-order valence-corrected chi connectivity index (χ0v) is 12.5. The van der Waals surface area contributed by atoms with Crippen molar-refractivity contribution in [2.45, 2.75) is 13.5 Å². The molecule has 108 valence electrons. The van der Waals surface area contributed by atoms with E-state index in [1.54, 1.807) is 0 Å². The highest BCUT2D eigenvalue weighted by Gasteiger charge is 2.05. The number of hydrogen-bond donors (Lipinski definition) is 1. The third-order valence-electron chi connectivity index (χ3n) is 4.17. The van der Waals surface area contributed by atoms with Crippen LogP contribution in [0.15, 0.2) is 67.0 Å². The first-order valence-corrected chi connectivity index (χ1v) is 7.46. The number of anilines is 1. The van der Waals surface area contributed by atoms with Crippen LogP contribution in [0.5, 0.6) is 0 Å². The number of pyridine rings is 1. The van der Waals surface area contributed by atoms with Crippen molar-refractivity contribution in [3.05, 3.63) is 78.2 Å². The fourth-order valence-electron chi connectivity index (χ4n) is 2.95. The molecule has 0 fully saturated rings. The average Bonchev–Trinajstić information content (AvgIpc) is 3.04. The fourth-order valence-corrected chi connectivity index (χ4v) is 2.95. The van der Waals surface area contributed by atoms with Gasteiger partial charge >= 0.3 is 0 Å². The molecule has 2 heterocycles. The molecule has 4 aromatic rings. The molecule has 0 aliphatic carbocycles. The Morgan fingerprint density at radius 2 is 1.86 bits per heavy atom. The first-order valence-electron chi connectivity index (χ1n) is 7.46. The van der Waals surface area contributed by atoms with E-state index in [0.29, 0.717) is 0 Å². The summed E-state index contributed by atoms with van der Waals surface area (Å²) in [5, 5.41) is 6.14. The molecule has 2 aromatic carbocycles. The van der Waals surface area contributed by atoms with Crippen molar-refractivity contribution in [3.63, 3.8) is 0 Å². The molecule has 0 aliphatic rings. The highest BCUT2D eigenvalue weighted by molar-refractivity contribution is 5.85. The van der Waals surface area contributed by atoms with Crippen LogP contribution in [0.4, 0.5) is 5.69 Å². The van der Waals surface area contributed by atoms with E-state index in [1.165, 1.54) is 22.0 Å². The highest BCUT2D eigenvalue weighted by atomic mass is 15.0. The molecule has 0 unspecified atom stereocenters. The van der Waals surface area contributed by atoms with Gasteiger partial charge in [0.2, 0.25) is 0 Å². The number of hydrogen-bond acceptors (Lipinski definition) is 2. The van der Waals surface area contributed by atoms with Gasteiger partial charge in [0.1, 0.15) is 5.65 Å². The van der Waals surface area contributed by atoms with Crippen LogP contribution in [-0.4, -0.2) is 9.38 Å². The van der Waals surface area contributed by atoms with Crippen LogP contribution in [0.1, 0.15) is 11.3 Å². The quantitative estimate of drug-likeness (QED) is 0.605. The van der Waals surface area contributed by atoms with Crippen LogP contribution < -0.4 is 5.32 Å². The van der Waals surface area contributed by atoms with Gasteiger partial charge in [0.15, 0.2) is 0 Å². The highest BCUT2D eigenvalue weighted by Crippen LogP contribution is 2.21. The molecule has 0 bridgehead atoms. The number of benzene rings is 2. The van der Waals surface area contributed by atoms with Crippen molar-refractivity contribution < 1.29 is 0 Å². The maximum absolute atomic E-state index is 4.32. The summed E-state index contributed by atoms with van der Waals surface area (Å²) in [7, 11) is 0. The van der Waals surface area contributed by atoms with Crippen molar-refractivity contribution in [1.82, 2.24) is 9.38 Å². The topological polar surface area (TPSA) is 29.3 Å². The van der Waals surface area contributed by atoms with Crippen molar-refractivity contribution in [2.75, 3.05) is 5.32 Å². The summed E-state index contributed by atoms with van der Waals surface area (Å²) in [5.41, 5.74) is 4.60. The Hall–Kier alpha value is -2.81. The van der Waals surface area contributed by atoms with Crippen molar-refractivity contribution >= 4 is 22.1 Å². The lowest BCUT2D eigenvalue weighted by Gasteiger charge is -2.12. The second-order valence-electron chi connectivity index (χ2n) is 5.48. The molecule has 0 aliphatic heterocycles. The summed E-state index contributed by atoms with van der Waals surface area (Å²) in [5.74, 6) is 0. The van der Waals surface area contributed by atoms with Crippen molar-refractivity contribution in [3.8, 4) is 0 Å². The minimum atomic E-state index is 0.808. The number of aryl methyl sites for hydroxylation is 1. The van der Waals surface area contributed by atoms with E-state index in [-0.39, 0.29) is 0 Å². The first-order chi connectivity index (χ1) is 10.8. The molecule has 0 saturated heterocycles. The van der Waals surface area contributed by atoms with Gasteiger partial charge < -0.3 is 9.72 Å².